The highest BCUT2D eigenvalue weighted by atomic mass is 79.9. The maximum absolute atomic E-state index is 4.09. The van der Waals surface area contributed by atoms with Crippen molar-refractivity contribution in [2.24, 2.45) is 0 Å². The summed E-state index contributed by atoms with van der Waals surface area (Å²) < 4.78 is 0.866. The third kappa shape index (κ3) is 1.35. The Morgan fingerprint density at radius 3 is 2.50 bits per heavy atom. The smallest absolute Gasteiger partial charge is 0.177 e. The predicted molar refractivity (Wildman–Crippen MR) is 47.3 cm³/mol. The fourth-order valence-electron chi connectivity index (χ4n) is 0.830. The van der Waals surface area contributed by atoms with E-state index in [4.69, 9.17) is 0 Å². The molecule has 5 heteroatoms. The average Bonchev–Trinajstić information content (AvgIpc) is 2.58. The molecule has 0 aliphatic carbocycles. The first-order valence-electron chi connectivity index (χ1n) is 3.32. The summed E-state index contributed by atoms with van der Waals surface area (Å²) in [6.07, 6.45) is 6.68. The SMILES string of the molecule is Brc1cnc(-c2cnc[nH]2)nc1. The molecule has 0 radical (unpaired) electrons. The van der Waals surface area contributed by atoms with Crippen molar-refractivity contribution in [1.29, 1.82) is 0 Å². The van der Waals surface area contributed by atoms with Crippen LogP contribution in [0.4, 0.5) is 0 Å². The molecule has 0 bridgehead atoms. The minimum Gasteiger partial charge on any atom is -0.342 e. The zero-order valence-corrected chi connectivity index (χ0v) is 7.62. The summed E-state index contributed by atoms with van der Waals surface area (Å²) in [4.78, 5) is 15.0. The van der Waals surface area contributed by atoms with E-state index in [1.807, 2.05) is 0 Å². The van der Waals surface area contributed by atoms with Gasteiger partial charge in [-0.15, -0.1) is 0 Å². The van der Waals surface area contributed by atoms with Crippen LogP contribution in [0.15, 0.2) is 29.4 Å². The van der Waals surface area contributed by atoms with Crippen molar-refractivity contribution in [1.82, 2.24) is 19.9 Å². The minimum atomic E-state index is 0.649. The van der Waals surface area contributed by atoms with Gasteiger partial charge in [-0.3, -0.25) is 0 Å². The first kappa shape index (κ1) is 7.42. The Morgan fingerprint density at radius 2 is 1.92 bits per heavy atom. The summed E-state index contributed by atoms with van der Waals surface area (Å²) in [6.45, 7) is 0. The van der Waals surface area contributed by atoms with E-state index in [1.54, 1.807) is 24.9 Å². The zero-order chi connectivity index (χ0) is 8.39. The molecule has 0 aromatic carbocycles. The molecule has 0 amide bonds. The molecule has 0 aliphatic rings. The van der Waals surface area contributed by atoms with Gasteiger partial charge >= 0.3 is 0 Å². The van der Waals surface area contributed by atoms with Crippen LogP contribution in [0.25, 0.3) is 11.5 Å². The maximum Gasteiger partial charge on any atom is 0.177 e. The molecule has 2 aromatic rings. The number of imidazole rings is 1. The molecule has 0 aliphatic heterocycles. The van der Waals surface area contributed by atoms with Gasteiger partial charge in [0, 0.05) is 12.4 Å². The van der Waals surface area contributed by atoms with E-state index >= 15 is 0 Å². The molecule has 2 heterocycles. The van der Waals surface area contributed by atoms with Crippen LogP contribution >= 0.6 is 15.9 Å². The van der Waals surface area contributed by atoms with Crippen LogP contribution in [-0.4, -0.2) is 19.9 Å². The highest BCUT2D eigenvalue weighted by Gasteiger charge is 2.00. The molecule has 12 heavy (non-hydrogen) atoms. The molecule has 0 saturated heterocycles. The molecule has 0 spiro atoms. The third-order valence-corrected chi connectivity index (χ3v) is 1.77. The van der Waals surface area contributed by atoms with Gasteiger partial charge in [0.25, 0.3) is 0 Å². The highest BCUT2D eigenvalue weighted by molar-refractivity contribution is 9.10. The van der Waals surface area contributed by atoms with Gasteiger partial charge in [0.2, 0.25) is 0 Å². The number of rotatable bonds is 1. The lowest BCUT2D eigenvalue weighted by Gasteiger charge is -1.93. The van der Waals surface area contributed by atoms with E-state index < -0.39 is 0 Å². The van der Waals surface area contributed by atoms with E-state index in [0.29, 0.717) is 5.82 Å². The van der Waals surface area contributed by atoms with Crippen LogP contribution in [0.3, 0.4) is 0 Å². The number of nitrogens with one attached hydrogen (secondary N) is 1. The molecule has 0 unspecified atom stereocenters. The molecule has 1 N–H and O–H groups in total. The zero-order valence-electron chi connectivity index (χ0n) is 6.03. The van der Waals surface area contributed by atoms with Gasteiger partial charge in [0.15, 0.2) is 5.82 Å². The fourth-order valence-corrected chi connectivity index (χ4v) is 1.03. The first-order chi connectivity index (χ1) is 5.86. The van der Waals surface area contributed by atoms with Crippen molar-refractivity contribution in [2.45, 2.75) is 0 Å². The van der Waals surface area contributed by atoms with Gasteiger partial charge in [0.05, 0.1) is 17.0 Å². The molecule has 0 atom stereocenters. The molecule has 2 rings (SSSR count). The minimum absolute atomic E-state index is 0.649. The van der Waals surface area contributed by atoms with Gasteiger partial charge in [-0.2, -0.15) is 0 Å². The van der Waals surface area contributed by atoms with Gasteiger partial charge < -0.3 is 4.98 Å². The normalized spacial score (nSPS) is 10.1. The number of hydrogen-bond donors (Lipinski definition) is 1. The molecule has 0 saturated carbocycles. The average molecular weight is 225 g/mol. The lowest BCUT2D eigenvalue weighted by Crippen LogP contribution is -1.86. The fraction of sp³-hybridized carbons (Fsp3) is 0. The summed E-state index contributed by atoms with van der Waals surface area (Å²) in [6, 6.07) is 0. The molecule has 60 valence electrons. The molecule has 4 nitrogen and oxygen atoms in total. The van der Waals surface area contributed by atoms with Crippen molar-refractivity contribution >= 4 is 15.9 Å². The van der Waals surface area contributed by atoms with Gasteiger partial charge in [0.1, 0.15) is 5.69 Å². The van der Waals surface area contributed by atoms with Crippen LogP contribution in [0.1, 0.15) is 0 Å². The van der Waals surface area contributed by atoms with E-state index in [9.17, 15) is 0 Å². The Morgan fingerprint density at radius 1 is 1.17 bits per heavy atom. The van der Waals surface area contributed by atoms with Crippen LogP contribution in [0.5, 0.6) is 0 Å². The number of hydrogen-bond acceptors (Lipinski definition) is 3. The van der Waals surface area contributed by atoms with Crippen molar-refractivity contribution in [3.05, 3.63) is 29.4 Å². The van der Waals surface area contributed by atoms with Crippen molar-refractivity contribution < 1.29 is 0 Å². The maximum atomic E-state index is 4.09. The highest BCUT2D eigenvalue weighted by Crippen LogP contribution is 2.11. The predicted octanol–water partition coefficient (Wildman–Crippen LogP) is 1.63. The van der Waals surface area contributed by atoms with Gasteiger partial charge in [-0.05, 0) is 15.9 Å². The summed E-state index contributed by atoms with van der Waals surface area (Å²) in [5, 5.41) is 0. The number of halogens is 1. The molecular weight excluding hydrogens is 220 g/mol. The second kappa shape index (κ2) is 3.02. The second-order valence-corrected chi connectivity index (χ2v) is 3.11. The lowest BCUT2D eigenvalue weighted by atomic mass is 10.4. The Bertz CT molecular complexity index is 353. The molecule has 2 aromatic heterocycles. The van der Waals surface area contributed by atoms with E-state index in [2.05, 4.69) is 35.9 Å². The van der Waals surface area contributed by atoms with Crippen molar-refractivity contribution in [3.63, 3.8) is 0 Å². The first-order valence-corrected chi connectivity index (χ1v) is 4.12. The van der Waals surface area contributed by atoms with Crippen LogP contribution in [-0.2, 0) is 0 Å². The number of aromatic nitrogens is 4. The van der Waals surface area contributed by atoms with E-state index in [0.717, 1.165) is 10.2 Å². The second-order valence-electron chi connectivity index (χ2n) is 2.19. The standard InChI is InChI=1S/C7H5BrN4/c8-5-1-10-7(11-2-5)6-3-9-4-12-6/h1-4H,(H,9,12). The molecule has 0 fully saturated rings. The Balaban J connectivity index is 2.43. The van der Waals surface area contributed by atoms with Gasteiger partial charge in [-0.1, -0.05) is 0 Å². The van der Waals surface area contributed by atoms with E-state index in [-0.39, 0.29) is 0 Å². The third-order valence-electron chi connectivity index (χ3n) is 1.36. The number of H-pyrrole nitrogens is 1. The van der Waals surface area contributed by atoms with Gasteiger partial charge in [-0.25, -0.2) is 15.0 Å². The van der Waals surface area contributed by atoms with Crippen LogP contribution in [0, 0.1) is 0 Å². The van der Waals surface area contributed by atoms with Crippen LogP contribution < -0.4 is 0 Å². The Kier molecular flexibility index (Phi) is 1.87. The topological polar surface area (TPSA) is 54.5 Å². The summed E-state index contributed by atoms with van der Waals surface area (Å²) in [5.41, 5.74) is 0.822. The largest absolute Gasteiger partial charge is 0.342 e. The van der Waals surface area contributed by atoms with E-state index in [1.165, 1.54) is 0 Å². The van der Waals surface area contributed by atoms with Crippen LogP contribution in [0.2, 0.25) is 0 Å². The number of aromatic amines is 1. The lowest BCUT2D eigenvalue weighted by molar-refractivity contribution is 1.14. The van der Waals surface area contributed by atoms with Crippen molar-refractivity contribution in [3.8, 4) is 11.5 Å². The molecular formula is C7H5BrN4. The monoisotopic (exact) mass is 224 g/mol. The summed E-state index contributed by atoms with van der Waals surface area (Å²) in [5.74, 6) is 0.649. The summed E-state index contributed by atoms with van der Waals surface area (Å²) in [7, 11) is 0. The quantitative estimate of drug-likeness (QED) is 0.802. The van der Waals surface area contributed by atoms with Crippen molar-refractivity contribution in [2.75, 3.05) is 0 Å². The number of nitrogens with zero attached hydrogens (tertiary/aromatic N) is 3. The Labute approximate surface area is 77.2 Å². The Hall–Kier alpha value is -1.23. The summed E-state index contributed by atoms with van der Waals surface area (Å²) >= 11 is 3.26.